The van der Waals surface area contributed by atoms with Gasteiger partial charge in [-0.15, -0.1) is 5.10 Å². The molecule has 9 heteroatoms. The summed E-state index contributed by atoms with van der Waals surface area (Å²) in [6, 6.07) is 7.07. The van der Waals surface area contributed by atoms with Crippen LogP contribution in [0.15, 0.2) is 34.5 Å². The fraction of sp³-hybridized carbons (Fsp3) is 0.267. The Labute approximate surface area is 142 Å². The number of aliphatic carboxylic acids is 1. The molecule has 24 heavy (non-hydrogen) atoms. The molecule has 1 saturated heterocycles. The van der Waals surface area contributed by atoms with Crippen molar-refractivity contribution in [2.24, 2.45) is 10.2 Å². The molecule has 1 aliphatic rings. The largest absolute Gasteiger partial charge is 0.481 e. The third-order valence-corrected chi connectivity index (χ3v) is 4.12. The van der Waals surface area contributed by atoms with Crippen molar-refractivity contribution >= 4 is 46.1 Å². The van der Waals surface area contributed by atoms with Gasteiger partial charge in [0.05, 0.1) is 12.1 Å². The number of rotatable bonds is 5. The van der Waals surface area contributed by atoms with Gasteiger partial charge in [-0.05, 0) is 24.6 Å². The van der Waals surface area contributed by atoms with Crippen LogP contribution in [0.4, 0.5) is 5.69 Å². The van der Waals surface area contributed by atoms with E-state index in [2.05, 4.69) is 20.8 Å². The van der Waals surface area contributed by atoms with E-state index in [-0.39, 0.29) is 23.4 Å². The number of carbonyl (C=O) groups excluding carboxylic acids is 2. The second kappa shape index (κ2) is 7.73. The molecule has 0 bridgehead atoms. The second-order valence-electron chi connectivity index (χ2n) is 5.04. The molecule has 0 aromatic heterocycles. The molecule has 2 rings (SSSR count). The molecule has 0 saturated carbocycles. The molecule has 0 radical (unpaired) electrons. The van der Waals surface area contributed by atoms with Gasteiger partial charge in [-0.1, -0.05) is 23.9 Å². The van der Waals surface area contributed by atoms with Crippen molar-refractivity contribution in [1.29, 1.82) is 0 Å². The van der Waals surface area contributed by atoms with Gasteiger partial charge >= 0.3 is 5.97 Å². The Kier molecular flexibility index (Phi) is 5.69. The van der Waals surface area contributed by atoms with Crippen LogP contribution in [-0.2, 0) is 14.4 Å². The maximum absolute atomic E-state index is 11.6. The minimum Gasteiger partial charge on any atom is -0.481 e. The van der Waals surface area contributed by atoms with E-state index in [4.69, 9.17) is 5.11 Å². The van der Waals surface area contributed by atoms with Crippen LogP contribution in [0.5, 0.6) is 0 Å². The zero-order valence-electron chi connectivity index (χ0n) is 13.1. The van der Waals surface area contributed by atoms with Crippen molar-refractivity contribution in [2.75, 3.05) is 5.32 Å². The molecule has 2 amide bonds. The number of amidine groups is 1. The molecular formula is C15H16N4O4S. The standard InChI is InChI=1S/C15H16N4O4S/c1-8(10-3-5-11(6-4-10)16-9(2)20)18-19-15-17-14(23)12(24-15)7-13(21)22/h3-6,12H,7H2,1-2H3,(H,16,20)(H,21,22)(H,17,19,23)/b18-8+. The highest BCUT2D eigenvalue weighted by Crippen LogP contribution is 2.22. The van der Waals surface area contributed by atoms with E-state index in [1.54, 1.807) is 31.2 Å². The highest BCUT2D eigenvalue weighted by atomic mass is 32.2. The van der Waals surface area contributed by atoms with E-state index in [1.165, 1.54) is 6.92 Å². The fourth-order valence-corrected chi connectivity index (χ4v) is 2.83. The topological polar surface area (TPSA) is 120 Å². The quantitative estimate of drug-likeness (QED) is 0.549. The van der Waals surface area contributed by atoms with Crippen LogP contribution in [-0.4, -0.2) is 39.0 Å². The van der Waals surface area contributed by atoms with E-state index in [1.807, 2.05) is 0 Å². The Morgan fingerprint density at radius 1 is 1.29 bits per heavy atom. The van der Waals surface area contributed by atoms with Gasteiger partial charge in [0, 0.05) is 12.6 Å². The Hall–Kier alpha value is -2.68. The highest BCUT2D eigenvalue weighted by Gasteiger charge is 2.32. The molecule has 126 valence electrons. The van der Waals surface area contributed by atoms with Gasteiger partial charge in [0.2, 0.25) is 11.8 Å². The van der Waals surface area contributed by atoms with Gasteiger partial charge < -0.3 is 15.7 Å². The van der Waals surface area contributed by atoms with Crippen LogP contribution in [0.3, 0.4) is 0 Å². The average molecular weight is 348 g/mol. The van der Waals surface area contributed by atoms with Gasteiger partial charge in [0.15, 0.2) is 5.17 Å². The molecule has 0 spiro atoms. The van der Waals surface area contributed by atoms with Gasteiger partial charge in [0.1, 0.15) is 5.25 Å². The molecule has 8 nitrogen and oxygen atoms in total. The Morgan fingerprint density at radius 3 is 2.54 bits per heavy atom. The summed E-state index contributed by atoms with van der Waals surface area (Å²) in [6.07, 6.45) is -0.261. The molecular weight excluding hydrogens is 332 g/mol. The number of hydrogen-bond acceptors (Lipinski definition) is 6. The lowest BCUT2D eigenvalue weighted by Gasteiger charge is -2.03. The first-order valence-corrected chi connectivity index (χ1v) is 7.92. The maximum Gasteiger partial charge on any atom is 0.305 e. The minimum atomic E-state index is -1.04. The lowest BCUT2D eigenvalue weighted by molar-refractivity contribution is -0.138. The molecule has 0 aliphatic carbocycles. The third kappa shape index (κ3) is 4.92. The molecule has 1 atom stereocenters. The number of nitrogens with zero attached hydrogens (tertiary/aromatic N) is 2. The molecule has 1 unspecified atom stereocenters. The summed E-state index contributed by atoms with van der Waals surface area (Å²) < 4.78 is 0. The van der Waals surface area contributed by atoms with Crippen molar-refractivity contribution in [3.63, 3.8) is 0 Å². The summed E-state index contributed by atoms with van der Waals surface area (Å²) >= 11 is 1.05. The Balaban J connectivity index is 2.04. The Morgan fingerprint density at radius 2 is 1.96 bits per heavy atom. The van der Waals surface area contributed by atoms with Crippen molar-refractivity contribution in [3.05, 3.63) is 29.8 Å². The summed E-state index contributed by atoms with van der Waals surface area (Å²) in [5.74, 6) is -1.57. The van der Waals surface area contributed by atoms with Crippen LogP contribution >= 0.6 is 11.8 Å². The smallest absolute Gasteiger partial charge is 0.305 e. The van der Waals surface area contributed by atoms with Gasteiger partial charge in [0.25, 0.3) is 0 Å². The minimum absolute atomic E-state index is 0.149. The predicted octanol–water partition coefficient (Wildman–Crippen LogP) is 1.43. The lowest BCUT2D eigenvalue weighted by atomic mass is 10.1. The van der Waals surface area contributed by atoms with Crippen LogP contribution in [0, 0.1) is 0 Å². The molecule has 1 heterocycles. The number of hydrogen-bond donors (Lipinski definition) is 3. The van der Waals surface area contributed by atoms with E-state index >= 15 is 0 Å². The summed E-state index contributed by atoms with van der Waals surface area (Å²) in [7, 11) is 0. The summed E-state index contributed by atoms with van der Waals surface area (Å²) in [4.78, 5) is 33.2. The van der Waals surface area contributed by atoms with E-state index in [0.717, 1.165) is 17.3 Å². The SMILES string of the molecule is CC(=O)Nc1ccc(/C(C)=N/N=C2/NC(=O)C(CC(=O)O)S2)cc1. The van der Waals surface area contributed by atoms with Crippen LogP contribution in [0.25, 0.3) is 0 Å². The zero-order valence-corrected chi connectivity index (χ0v) is 13.9. The molecule has 1 fully saturated rings. The van der Waals surface area contributed by atoms with Crippen molar-refractivity contribution in [2.45, 2.75) is 25.5 Å². The van der Waals surface area contributed by atoms with Gasteiger partial charge in [-0.3, -0.25) is 14.4 Å². The molecule has 1 aliphatic heterocycles. The number of amides is 2. The fourth-order valence-electron chi connectivity index (χ4n) is 1.92. The van der Waals surface area contributed by atoms with Gasteiger partial charge in [-0.25, -0.2) is 0 Å². The first kappa shape index (κ1) is 17.7. The van der Waals surface area contributed by atoms with Crippen molar-refractivity contribution in [1.82, 2.24) is 5.32 Å². The highest BCUT2D eigenvalue weighted by molar-refractivity contribution is 8.15. The predicted molar refractivity (Wildman–Crippen MR) is 92.2 cm³/mol. The van der Waals surface area contributed by atoms with Crippen molar-refractivity contribution < 1.29 is 19.5 Å². The number of benzene rings is 1. The Bertz CT molecular complexity index is 727. The first-order chi connectivity index (χ1) is 11.3. The van der Waals surface area contributed by atoms with E-state index in [0.29, 0.717) is 11.4 Å². The van der Waals surface area contributed by atoms with Crippen molar-refractivity contribution in [3.8, 4) is 0 Å². The number of carboxylic acid groups (broad SMARTS) is 1. The average Bonchev–Trinajstić information content (AvgIpc) is 2.84. The number of nitrogens with one attached hydrogen (secondary N) is 2. The molecule has 3 N–H and O–H groups in total. The monoisotopic (exact) mass is 348 g/mol. The molecule has 1 aromatic carbocycles. The summed E-state index contributed by atoms with van der Waals surface area (Å²) in [5, 5.41) is 21.5. The maximum atomic E-state index is 11.6. The number of carbonyl (C=O) groups is 3. The van der Waals surface area contributed by atoms with Gasteiger partial charge in [-0.2, -0.15) is 5.10 Å². The summed E-state index contributed by atoms with van der Waals surface area (Å²) in [5.41, 5.74) is 2.11. The lowest BCUT2D eigenvalue weighted by Crippen LogP contribution is -2.26. The number of carboxylic acids is 1. The van der Waals surface area contributed by atoms with Crippen LogP contribution < -0.4 is 10.6 Å². The van der Waals surface area contributed by atoms with Crippen LogP contribution in [0.1, 0.15) is 25.8 Å². The number of anilines is 1. The molecule has 1 aromatic rings. The summed E-state index contributed by atoms with van der Waals surface area (Å²) in [6.45, 7) is 3.19. The first-order valence-electron chi connectivity index (χ1n) is 7.04. The zero-order chi connectivity index (χ0) is 17.7. The second-order valence-corrected chi connectivity index (χ2v) is 6.23. The van der Waals surface area contributed by atoms with Crippen LogP contribution in [0.2, 0.25) is 0 Å². The van der Waals surface area contributed by atoms with E-state index in [9.17, 15) is 14.4 Å². The van der Waals surface area contributed by atoms with E-state index < -0.39 is 11.2 Å². The third-order valence-electron chi connectivity index (χ3n) is 3.05. The number of thioether (sulfide) groups is 1. The normalized spacial score (nSPS) is 19.2.